The molecule has 1 nitrogen and oxygen atoms in total. The lowest BCUT2D eigenvalue weighted by Crippen LogP contribution is -2.28. The second kappa shape index (κ2) is 5.43. The van der Waals surface area contributed by atoms with Gasteiger partial charge >= 0.3 is 0 Å². The average Bonchev–Trinajstić information content (AvgIpc) is 2.65. The highest BCUT2D eigenvalue weighted by atomic mass is 15.2. The van der Waals surface area contributed by atoms with Gasteiger partial charge in [-0.15, -0.1) is 13.2 Å². The molecule has 2 aliphatic rings. The van der Waals surface area contributed by atoms with Gasteiger partial charge in [-0.05, 0) is 25.7 Å². The van der Waals surface area contributed by atoms with Crippen molar-refractivity contribution in [2.24, 2.45) is 11.8 Å². The molecule has 0 spiro atoms. The molecule has 2 rings (SSSR count). The maximum Gasteiger partial charge on any atom is 0.0516 e. The van der Waals surface area contributed by atoms with Crippen molar-refractivity contribution in [3.8, 4) is 0 Å². The fourth-order valence-corrected chi connectivity index (χ4v) is 3.16. The molecule has 0 radical (unpaired) electrons. The van der Waals surface area contributed by atoms with E-state index in [-0.39, 0.29) is 0 Å². The van der Waals surface area contributed by atoms with Gasteiger partial charge in [0.2, 0.25) is 0 Å². The Kier molecular flexibility index (Phi) is 3.90. The third kappa shape index (κ3) is 2.10. The number of hydrogen-bond donors (Lipinski definition) is 0. The molecule has 0 bridgehead atoms. The quantitative estimate of drug-likeness (QED) is 0.643. The Labute approximate surface area is 111 Å². The molecule has 0 aromatic heterocycles. The van der Waals surface area contributed by atoms with Crippen molar-refractivity contribution >= 4 is 0 Å². The molecular weight excluding hydrogens is 218 g/mol. The van der Waals surface area contributed by atoms with Gasteiger partial charge in [-0.2, -0.15) is 0 Å². The number of nitrogens with zero attached hydrogens (tertiary/aromatic N) is 1. The molecule has 1 saturated heterocycles. The van der Waals surface area contributed by atoms with Gasteiger partial charge < -0.3 is 4.90 Å². The minimum absolute atomic E-state index is 0.314. The Bertz CT molecular complexity index is 376. The number of likely N-dealkylation sites (tertiary alicyclic amines) is 1. The molecule has 1 heteroatoms. The predicted octanol–water partition coefficient (Wildman–Crippen LogP) is 4.43. The minimum Gasteiger partial charge on any atom is -0.342 e. The molecular formula is C17H23N. The molecule has 18 heavy (non-hydrogen) atoms. The fraction of sp³-hybridized carbons (Fsp3) is 0.412. The molecule has 1 aliphatic carbocycles. The van der Waals surface area contributed by atoms with Crippen LogP contribution in [0.3, 0.4) is 0 Å². The van der Waals surface area contributed by atoms with Crippen molar-refractivity contribution < 1.29 is 0 Å². The predicted molar refractivity (Wildman–Crippen MR) is 78.9 cm³/mol. The summed E-state index contributed by atoms with van der Waals surface area (Å²) in [5.74, 6) is 1.10. The normalized spacial score (nSPS) is 28.1. The standard InChI is InChI=1S/C17H23N/c1-5-7-10-15(6-2)18-13(3)16-11-8-9-12-17(16)14(18)4/h5-6,8-9,15-17H,1-4,7,10-12H2. The molecule has 0 aromatic carbocycles. The summed E-state index contributed by atoms with van der Waals surface area (Å²) in [6.07, 6.45) is 12.8. The van der Waals surface area contributed by atoms with Gasteiger partial charge in [0.15, 0.2) is 0 Å². The van der Waals surface area contributed by atoms with Crippen molar-refractivity contribution in [1.29, 1.82) is 0 Å². The number of rotatable bonds is 5. The molecule has 0 aromatic rings. The van der Waals surface area contributed by atoms with Gasteiger partial charge in [0.25, 0.3) is 0 Å². The Balaban J connectivity index is 2.18. The molecule has 3 atom stereocenters. The molecule has 0 saturated carbocycles. The number of allylic oxidation sites excluding steroid dienone is 5. The second-order valence-corrected chi connectivity index (χ2v) is 5.18. The summed E-state index contributed by atoms with van der Waals surface area (Å²) in [5.41, 5.74) is 2.45. The summed E-state index contributed by atoms with van der Waals surface area (Å²) in [6.45, 7) is 16.4. The van der Waals surface area contributed by atoms with Crippen LogP contribution in [0.2, 0.25) is 0 Å². The van der Waals surface area contributed by atoms with Gasteiger partial charge in [-0.3, -0.25) is 0 Å². The Morgan fingerprint density at radius 3 is 2.17 bits per heavy atom. The summed E-state index contributed by atoms with van der Waals surface area (Å²) in [5, 5.41) is 0. The lowest BCUT2D eigenvalue weighted by molar-refractivity contribution is 0.361. The van der Waals surface area contributed by atoms with E-state index in [1.165, 1.54) is 11.4 Å². The molecule has 3 unspecified atom stereocenters. The van der Waals surface area contributed by atoms with Gasteiger partial charge in [-0.25, -0.2) is 0 Å². The van der Waals surface area contributed by atoms with Gasteiger partial charge in [0.05, 0.1) is 6.04 Å². The van der Waals surface area contributed by atoms with Crippen LogP contribution < -0.4 is 0 Å². The summed E-state index contributed by atoms with van der Waals surface area (Å²) in [7, 11) is 0. The van der Waals surface area contributed by atoms with Crippen molar-refractivity contribution in [2.75, 3.05) is 0 Å². The smallest absolute Gasteiger partial charge is 0.0516 e. The number of hydrogen-bond acceptors (Lipinski definition) is 1. The molecule has 1 fully saturated rings. The first kappa shape index (κ1) is 12.9. The van der Waals surface area contributed by atoms with Crippen molar-refractivity contribution in [2.45, 2.75) is 31.7 Å². The van der Waals surface area contributed by atoms with Gasteiger partial charge in [-0.1, -0.05) is 37.5 Å². The van der Waals surface area contributed by atoms with Crippen LogP contribution in [0.4, 0.5) is 0 Å². The summed E-state index contributed by atoms with van der Waals surface area (Å²) < 4.78 is 0. The van der Waals surface area contributed by atoms with Crippen LogP contribution in [0.5, 0.6) is 0 Å². The third-order valence-electron chi connectivity index (χ3n) is 4.18. The maximum absolute atomic E-state index is 4.30. The Hall–Kier alpha value is -1.50. The summed E-state index contributed by atoms with van der Waals surface area (Å²) >= 11 is 0. The van der Waals surface area contributed by atoms with E-state index in [0.29, 0.717) is 17.9 Å². The average molecular weight is 241 g/mol. The molecule has 1 heterocycles. The lowest BCUT2D eigenvalue weighted by Gasteiger charge is -2.29. The first-order valence-corrected chi connectivity index (χ1v) is 6.76. The van der Waals surface area contributed by atoms with E-state index < -0.39 is 0 Å². The zero-order valence-corrected chi connectivity index (χ0v) is 11.1. The van der Waals surface area contributed by atoms with Crippen LogP contribution >= 0.6 is 0 Å². The van der Waals surface area contributed by atoms with E-state index in [9.17, 15) is 0 Å². The second-order valence-electron chi connectivity index (χ2n) is 5.18. The van der Waals surface area contributed by atoms with Crippen LogP contribution in [0.15, 0.2) is 62.0 Å². The van der Waals surface area contributed by atoms with Crippen LogP contribution in [-0.2, 0) is 0 Å². The Morgan fingerprint density at radius 1 is 1.17 bits per heavy atom. The maximum atomic E-state index is 4.30. The van der Waals surface area contributed by atoms with E-state index >= 15 is 0 Å². The van der Waals surface area contributed by atoms with Crippen LogP contribution in [0.1, 0.15) is 25.7 Å². The SMILES string of the molecule is C=CCCC(C=C)N1C(=C)C2CC=CCC2C1=C. The first-order chi connectivity index (χ1) is 8.70. The van der Waals surface area contributed by atoms with E-state index in [1.807, 2.05) is 12.2 Å². The largest absolute Gasteiger partial charge is 0.342 e. The number of fused-ring (bicyclic) bond motifs is 1. The summed E-state index contributed by atoms with van der Waals surface area (Å²) in [6, 6.07) is 0.314. The lowest BCUT2D eigenvalue weighted by atomic mass is 9.83. The van der Waals surface area contributed by atoms with Crippen molar-refractivity contribution in [1.82, 2.24) is 4.90 Å². The highest BCUT2D eigenvalue weighted by Crippen LogP contribution is 2.47. The topological polar surface area (TPSA) is 3.24 Å². The van der Waals surface area contributed by atoms with Crippen LogP contribution in [-0.4, -0.2) is 10.9 Å². The minimum atomic E-state index is 0.314. The van der Waals surface area contributed by atoms with Crippen molar-refractivity contribution in [3.05, 3.63) is 62.0 Å². The summed E-state index contributed by atoms with van der Waals surface area (Å²) in [4.78, 5) is 2.32. The molecule has 0 N–H and O–H groups in total. The van der Waals surface area contributed by atoms with Gasteiger partial charge in [0, 0.05) is 23.2 Å². The van der Waals surface area contributed by atoms with E-state index in [1.54, 1.807) is 0 Å². The van der Waals surface area contributed by atoms with Gasteiger partial charge in [0.1, 0.15) is 0 Å². The molecule has 1 aliphatic heterocycles. The zero-order valence-electron chi connectivity index (χ0n) is 11.1. The molecule has 0 amide bonds. The van der Waals surface area contributed by atoms with Crippen LogP contribution in [0.25, 0.3) is 0 Å². The molecule has 96 valence electrons. The van der Waals surface area contributed by atoms with Crippen molar-refractivity contribution in [3.63, 3.8) is 0 Å². The van der Waals surface area contributed by atoms with E-state index in [0.717, 1.165) is 25.7 Å². The fourth-order valence-electron chi connectivity index (χ4n) is 3.16. The first-order valence-electron chi connectivity index (χ1n) is 6.76. The van der Waals surface area contributed by atoms with E-state index in [2.05, 4.69) is 43.4 Å². The highest BCUT2D eigenvalue weighted by Gasteiger charge is 2.40. The Morgan fingerprint density at radius 2 is 1.72 bits per heavy atom. The van der Waals surface area contributed by atoms with Crippen LogP contribution in [0, 0.1) is 11.8 Å². The highest BCUT2D eigenvalue weighted by molar-refractivity contribution is 5.29. The monoisotopic (exact) mass is 241 g/mol. The third-order valence-corrected chi connectivity index (χ3v) is 4.18. The zero-order chi connectivity index (χ0) is 13.1. The van der Waals surface area contributed by atoms with E-state index in [4.69, 9.17) is 0 Å².